The minimum Gasteiger partial charge on any atom is -0.461 e. The van der Waals surface area contributed by atoms with Crippen molar-refractivity contribution < 1.29 is 23.0 Å². The fourth-order valence-electron chi connectivity index (χ4n) is 9.20. The molecule has 12 heteroatoms. The maximum atomic E-state index is 17.4. The number of rotatable bonds is 7. The second-order valence-electron chi connectivity index (χ2n) is 14.8. The Bertz CT molecular complexity index is 1980. The van der Waals surface area contributed by atoms with Crippen LogP contribution in [0.5, 0.6) is 6.01 Å². The average molecular weight is 705 g/mol. The topological polar surface area (TPSA) is 77.8 Å². The van der Waals surface area contributed by atoms with Gasteiger partial charge in [-0.25, -0.2) is 13.5 Å². The number of hydrogen-bond acceptors (Lipinski definition) is 8. The van der Waals surface area contributed by atoms with Crippen LogP contribution >= 0.6 is 11.6 Å². The summed E-state index contributed by atoms with van der Waals surface area (Å²) < 4.78 is 52.4. The van der Waals surface area contributed by atoms with E-state index in [1.807, 2.05) is 42.0 Å². The molecule has 1 spiro atoms. The fourth-order valence-corrected chi connectivity index (χ4v) is 9.46. The molecule has 9 rings (SSSR count). The zero-order valence-corrected chi connectivity index (χ0v) is 29.2. The van der Waals surface area contributed by atoms with E-state index in [1.54, 1.807) is 6.20 Å². The number of alkyl halides is 1. The molecule has 5 aliphatic rings. The average Bonchev–Trinajstić information content (AvgIpc) is 3.80. The second-order valence-corrected chi connectivity index (χ2v) is 15.2. The van der Waals surface area contributed by atoms with Gasteiger partial charge in [-0.2, -0.15) is 15.1 Å². The third kappa shape index (κ3) is 5.38. The Morgan fingerprint density at radius 3 is 2.76 bits per heavy atom. The molecule has 1 unspecified atom stereocenters. The summed E-state index contributed by atoms with van der Waals surface area (Å²) >= 11 is 6.98. The molecule has 0 saturated carbocycles. The van der Waals surface area contributed by atoms with E-state index in [4.69, 9.17) is 40.9 Å². The van der Waals surface area contributed by atoms with Crippen molar-refractivity contribution in [1.82, 2.24) is 24.6 Å². The standard InChI is InChI=1S/C38H43ClF2N6O3/c1-2-7-25-29(39)18-30-28(20-42-47(30)31-8-3-4-16-48-31)32(25)26-9-10-27-34(33(26)41)43-36(49-23-37-11-5-15-46(37)21-24(40)19-37)44-35(27)45-14-6-12-38(22-45)13-17-50-38/h2,7,9-10,18,20,24,31H,3-6,8,11-17,19,21-23H2,1H3/b7-2-/t24-,31?,37+,38+/m1/s1. The van der Waals surface area contributed by atoms with Gasteiger partial charge in [-0.1, -0.05) is 29.8 Å². The van der Waals surface area contributed by atoms with Crippen LogP contribution in [0.3, 0.4) is 0 Å². The molecule has 5 fully saturated rings. The van der Waals surface area contributed by atoms with Gasteiger partial charge in [0.1, 0.15) is 24.1 Å². The van der Waals surface area contributed by atoms with E-state index in [9.17, 15) is 4.39 Å². The van der Waals surface area contributed by atoms with E-state index in [1.165, 1.54) is 0 Å². The molecule has 2 aromatic carbocycles. The second kappa shape index (κ2) is 12.7. The Hall–Kier alpha value is -3.38. The first-order valence-corrected chi connectivity index (χ1v) is 18.6. The molecule has 0 amide bonds. The van der Waals surface area contributed by atoms with E-state index < -0.39 is 12.0 Å². The van der Waals surface area contributed by atoms with Gasteiger partial charge in [-0.05, 0) is 70.5 Å². The van der Waals surface area contributed by atoms with E-state index in [-0.39, 0.29) is 35.5 Å². The predicted octanol–water partition coefficient (Wildman–Crippen LogP) is 7.89. The van der Waals surface area contributed by atoms with E-state index in [0.717, 1.165) is 82.0 Å². The highest BCUT2D eigenvalue weighted by molar-refractivity contribution is 6.34. The van der Waals surface area contributed by atoms with Gasteiger partial charge in [-0.15, -0.1) is 0 Å². The van der Waals surface area contributed by atoms with E-state index in [2.05, 4.69) is 9.80 Å². The summed E-state index contributed by atoms with van der Waals surface area (Å²) in [5.74, 6) is 0.150. The summed E-state index contributed by atoms with van der Waals surface area (Å²) in [6, 6.07) is 5.73. The van der Waals surface area contributed by atoms with Crippen LogP contribution in [0.4, 0.5) is 14.6 Å². The van der Waals surface area contributed by atoms with Crippen LogP contribution in [-0.2, 0) is 9.47 Å². The monoisotopic (exact) mass is 704 g/mol. The van der Waals surface area contributed by atoms with Crippen LogP contribution in [0.1, 0.15) is 76.5 Å². The van der Waals surface area contributed by atoms with Crippen molar-refractivity contribution in [2.24, 2.45) is 0 Å². The summed E-state index contributed by atoms with van der Waals surface area (Å²) in [6.45, 7) is 6.32. The maximum absolute atomic E-state index is 17.4. The molecule has 4 atom stereocenters. The first-order chi connectivity index (χ1) is 24.4. The number of ether oxygens (including phenoxy) is 3. The van der Waals surface area contributed by atoms with Crippen LogP contribution in [0.2, 0.25) is 5.02 Å². The number of halogens is 3. The number of nitrogens with zero attached hydrogens (tertiary/aromatic N) is 6. The fraction of sp³-hybridized carbons (Fsp3) is 0.553. The van der Waals surface area contributed by atoms with Crippen molar-refractivity contribution in [2.45, 2.75) is 88.3 Å². The summed E-state index contributed by atoms with van der Waals surface area (Å²) in [5, 5.41) is 6.63. The van der Waals surface area contributed by atoms with Crippen LogP contribution in [0, 0.1) is 5.82 Å². The van der Waals surface area contributed by atoms with Gasteiger partial charge in [0.25, 0.3) is 0 Å². The molecule has 7 heterocycles. The molecule has 0 radical (unpaired) electrons. The van der Waals surface area contributed by atoms with Crippen LogP contribution in [0.25, 0.3) is 39.0 Å². The maximum Gasteiger partial charge on any atom is 0.319 e. The van der Waals surface area contributed by atoms with Crippen LogP contribution < -0.4 is 9.64 Å². The smallest absolute Gasteiger partial charge is 0.319 e. The first kappa shape index (κ1) is 32.5. The van der Waals surface area contributed by atoms with Gasteiger partial charge >= 0.3 is 6.01 Å². The Morgan fingerprint density at radius 1 is 1.08 bits per heavy atom. The van der Waals surface area contributed by atoms with Crippen molar-refractivity contribution in [3.8, 4) is 17.1 Å². The molecular weight excluding hydrogens is 662 g/mol. The van der Waals surface area contributed by atoms with Crippen molar-refractivity contribution >= 4 is 45.3 Å². The number of piperidine rings is 1. The molecule has 5 saturated heterocycles. The van der Waals surface area contributed by atoms with Crippen LogP contribution in [0.15, 0.2) is 30.5 Å². The summed E-state index contributed by atoms with van der Waals surface area (Å²) in [4.78, 5) is 14.1. The molecule has 264 valence electrons. The van der Waals surface area contributed by atoms with Gasteiger partial charge in [0.05, 0.1) is 34.5 Å². The van der Waals surface area contributed by atoms with E-state index >= 15 is 4.39 Å². The lowest BCUT2D eigenvalue weighted by atomic mass is 9.85. The highest BCUT2D eigenvalue weighted by Crippen LogP contribution is 2.45. The number of anilines is 1. The minimum absolute atomic E-state index is 0.105. The largest absolute Gasteiger partial charge is 0.461 e. The highest BCUT2D eigenvalue weighted by atomic mass is 35.5. The third-order valence-electron chi connectivity index (χ3n) is 11.7. The zero-order valence-electron chi connectivity index (χ0n) is 28.5. The summed E-state index contributed by atoms with van der Waals surface area (Å²) in [6.07, 6.45) is 12.7. The number of fused-ring (bicyclic) bond motifs is 3. The van der Waals surface area contributed by atoms with Crippen molar-refractivity contribution in [3.05, 3.63) is 46.9 Å². The quantitative estimate of drug-likeness (QED) is 0.192. The number of benzene rings is 2. The third-order valence-corrected chi connectivity index (χ3v) is 12.0. The zero-order chi connectivity index (χ0) is 34.0. The van der Waals surface area contributed by atoms with Crippen molar-refractivity contribution in [3.63, 3.8) is 0 Å². The number of allylic oxidation sites excluding steroid dienone is 1. The van der Waals surface area contributed by atoms with Crippen LogP contribution in [-0.4, -0.2) is 88.0 Å². The Kier molecular flexibility index (Phi) is 8.25. The Balaban J connectivity index is 1.18. The van der Waals surface area contributed by atoms with Gasteiger partial charge in [0, 0.05) is 66.5 Å². The normalized spacial score (nSPS) is 28.7. The molecule has 2 aromatic heterocycles. The molecule has 0 aliphatic carbocycles. The number of hydrogen-bond donors (Lipinski definition) is 0. The predicted molar refractivity (Wildman–Crippen MR) is 190 cm³/mol. The molecule has 0 bridgehead atoms. The summed E-state index contributed by atoms with van der Waals surface area (Å²) in [5.41, 5.74) is 2.10. The molecule has 0 N–H and O–H groups in total. The van der Waals surface area contributed by atoms with Crippen molar-refractivity contribution in [1.29, 1.82) is 0 Å². The van der Waals surface area contributed by atoms with Crippen molar-refractivity contribution in [2.75, 3.05) is 50.9 Å². The molecular formula is C38H43ClF2N6O3. The first-order valence-electron chi connectivity index (χ1n) is 18.2. The summed E-state index contributed by atoms with van der Waals surface area (Å²) in [7, 11) is 0. The van der Waals surface area contributed by atoms with Gasteiger partial charge in [-0.3, -0.25) is 4.90 Å². The highest BCUT2D eigenvalue weighted by Gasteiger charge is 2.49. The Morgan fingerprint density at radius 2 is 1.96 bits per heavy atom. The molecule has 4 aromatic rings. The molecule has 5 aliphatic heterocycles. The lowest BCUT2D eigenvalue weighted by Gasteiger charge is -2.48. The number of aromatic nitrogens is 4. The lowest BCUT2D eigenvalue weighted by molar-refractivity contribution is -0.151. The molecule has 50 heavy (non-hydrogen) atoms. The van der Waals surface area contributed by atoms with Gasteiger partial charge < -0.3 is 19.1 Å². The Labute approximate surface area is 295 Å². The minimum atomic E-state index is -0.881. The van der Waals surface area contributed by atoms with Gasteiger partial charge in [0.2, 0.25) is 0 Å². The lowest BCUT2D eigenvalue weighted by Crippen LogP contribution is -2.56. The molecule has 9 nitrogen and oxygen atoms in total. The SMILES string of the molecule is C/C=C\c1c(Cl)cc2c(cnn2C2CCCCO2)c1-c1ccc2c(N3CCC[C@]4(CCO4)C3)nc(OC[C@@]34CCCN3C[C@H](F)C4)nc2c1F. The van der Waals surface area contributed by atoms with E-state index in [0.29, 0.717) is 59.0 Å². The van der Waals surface area contributed by atoms with Gasteiger partial charge in [0.15, 0.2) is 12.0 Å².